The molecule has 0 amide bonds. The van der Waals surface area contributed by atoms with Crippen molar-refractivity contribution in [2.75, 3.05) is 0 Å². The summed E-state index contributed by atoms with van der Waals surface area (Å²) in [5.74, 6) is 1.48. The Kier molecular flexibility index (Phi) is 3.32. The van der Waals surface area contributed by atoms with Crippen LogP contribution in [0.25, 0.3) is 38.5 Å². The largest absolute Gasteiger partial charge is 0.280 e. The Balaban J connectivity index is 1.84. The van der Waals surface area contributed by atoms with E-state index < -0.39 is 0 Å². The topological polar surface area (TPSA) is 46.5 Å². The fraction of sp³-hybridized carbons (Fsp3) is 0.182. The number of nitrogens with zero attached hydrogens (tertiary/aromatic N) is 3. The molecule has 1 N–H and O–H groups in total. The van der Waals surface area contributed by atoms with Crippen LogP contribution in [-0.4, -0.2) is 19.7 Å². The molecule has 4 heteroatoms. The highest BCUT2D eigenvalue weighted by molar-refractivity contribution is 6.12. The first-order valence-corrected chi connectivity index (χ1v) is 9.03. The van der Waals surface area contributed by atoms with Crippen molar-refractivity contribution in [2.24, 2.45) is 5.92 Å². The molecule has 2 aromatic carbocycles. The second-order valence-corrected chi connectivity index (χ2v) is 7.28. The Labute approximate surface area is 151 Å². The van der Waals surface area contributed by atoms with Crippen molar-refractivity contribution in [2.45, 2.75) is 20.3 Å². The predicted octanol–water partition coefficient (Wildman–Crippen LogP) is 5.25. The van der Waals surface area contributed by atoms with Crippen molar-refractivity contribution in [3.8, 4) is 5.82 Å². The van der Waals surface area contributed by atoms with Crippen LogP contribution in [0.5, 0.6) is 0 Å². The molecule has 5 aromatic rings. The highest BCUT2D eigenvalue weighted by Gasteiger charge is 2.16. The summed E-state index contributed by atoms with van der Waals surface area (Å²) in [7, 11) is 0. The van der Waals surface area contributed by atoms with Crippen LogP contribution in [-0.2, 0) is 6.42 Å². The van der Waals surface area contributed by atoms with Crippen LogP contribution >= 0.6 is 0 Å². The summed E-state index contributed by atoms with van der Waals surface area (Å²) in [4.78, 5) is 4.66. The van der Waals surface area contributed by atoms with Crippen molar-refractivity contribution in [3.63, 3.8) is 0 Å². The minimum Gasteiger partial charge on any atom is -0.280 e. The Bertz CT molecular complexity index is 1240. The monoisotopic (exact) mass is 340 g/mol. The van der Waals surface area contributed by atoms with Crippen LogP contribution < -0.4 is 0 Å². The van der Waals surface area contributed by atoms with Gasteiger partial charge in [0.05, 0.1) is 5.52 Å². The molecule has 0 bridgehead atoms. The summed E-state index contributed by atoms with van der Waals surface area (Å²) in [6, 6.07) is 19.2. The Morgan fingerprint density at radius 1 is 0.962 bits per heavy atom. The highest BCUT2D eigenvalue weighted by atomic mass is 15.2. The van der Waals surface area contributed by atoms with Crippen LogP contribution in [0.2, 0.25) is 0 Å². The lowest BCUT2D eigenvalue weighted by Crippen LogP contribution is -1.95. The van der Waals surface area contributed by atoms with E-state index in [0.717, 1.165) is 34.5 Å². The van der Waals surface area contributed by atoms with E-state index in [1.807, 2.05) is 12.3 Å². The van der Waals surface area contributed by atoms with Gasteiger partial charge in [0.2, 0.25) is 0 Å². The molecule has 0 aliphatic carbocycles. The summed E-state index contributed by atoms with van der Waals surface area (Å²) in [6.07, 6.45) is 2.83. The summed E-state index contributed by atoms with van der Waals surface area (Å²) in [5, 5.41) is 12.6. The lowest BCUT2D eigenvalue weighted by Gasteiger charge is -2.04. The van der Waals surface area contributed by atoms with Crippen molar-refractivity contribution >= 4 is 32.7 Å². The third-order valence-corrected chi connectivity index (χ3v) is 4.87. The minimum absolute atomic E-state index is 0.587. The number of hydrogen-bond acceptors (Lipinski definition) is 2. The molecule has 0 unspecified atom stereocenters. The number of benzene rings is 2. The molecule has 0 spiro atoms. The van der Waals surface area contributed by atoms with Crippen LogP contribution in [0, 0.1) is 5.92 Å². The van der Waals surface area contributed by atoms with Gasteiger partial charge in [-0.05, 0) is 47.4 Å². The SMILES string of the molecule is CC(C)Cc1cc(-n2c3cc4ccccc4cc3c3cccnc32)n[nH]1. The number of hydrogen-bond donors (Lipinski definition) is 1. The van der Waals surface area contributed by atoms with Crippen LogP contribution in [0.1, 0.15) is 19.5 Å². The first kappa shape index (κ1) is 15.1. The van der Waals surface area contributed by atoms with E-state index in [1.54, 1.807) is 0 Å². The normalized spacial score (nSPS) is 12.0. The van der Waals surface area contributed by atoms with Crippen LogP contribution in [0.4, 0.5) is 0 Å². The van der Waals surface area contributed by atoms with E-state index in [2.05, 4.69) is 82.1 Å². The minimum atomic E-state index is 0.587. The third-order valence-electron chi connectivity index (χ3n) is 4.87. The van der Waals surface area contributed by atoms with E-state index in [0.29, 0.717) is 5.92 Å². The average molecular weight is 340 g/mol. The molecular weight excluding hydrogens is 320 g/mol. The van der Waals surface area contributed by atoms with Gasteiger partial charge in [-0.3, -0.25) is 9.67 Å². The van der Waals surface area contributed by atoms with E-state index in [-0.39, 0.29) is 0 Å². The number of aromatic amines is 1. The van der Waals surface area contributed by atoms with Gasteiger partial charge in [0.1, 0.15) is 5.65 Å². The predicted molar refractivity (Wildman–Crippen MR) is 107 cm³/mol. The first-order valence-electron chi connectivity index (χ1n) is 9.03. The molecular formula is C22H20N4. The smallest absolute Gasteiger partial charge is 0.160 e. The van der Waals surface area contributed by atoms with Crippen molar-refractivity contribution in [3.05, 3.63) is 66.5 Å². The van der Waals surface area contributed by atoms with Crippen LogP contribution in [0.3, 0.4) is 0 Å². The number of H-pyrrole nitrogens is 1. The van der Waals surface area contributed by atoms with Gasteiger partial charge >= 0.3 is 0 Å². The molecule has 128 valence electrons. The number of nitrogens with one attached hydrogen (secondary N) is 1. The molecule has 3 aromatic heterocycles. The first-order chi connectivity index (χ1) is 12.7. The van der Waals surface area contributed by atoms with Crippen molar-refractivity contribution in [1.82, 2.24) is 19.7 Å². The third kappa shape index (κ3) is 2.30. The molecule has 0 saturated heterocycles. The highest BCUT2D eigenvalue weighted by Crippen LogP contribution is 2.33. The zero-order valence-electron chi connectivity index (χ0n) is 14.9. The van der Waals surface area contributed by atoms with Crippen molar-refractivity contribution in [1.29, 1.82) is 0 Å². The molecule has 5 rings (SSSR count). The summed E-state index contributed by atoms with van der Waals surface area (Å²) in [6.45, 7) is 4.43. The molecule has 0 fully saturated rings. The average Bonchev–Trinajstić information content (AvgIpc) is 3.21. The zero-order valence-corrected chi connectivity index (χ0v) is 14.9. The van der Waals surface area contributed by atoms with Gasteiger partial charge in [-0.1, -0.05) is 38.1 Å². The molecule has 3 heterocycles. The Morgan fingerprint density at radius 3 is 2.58 bits per heavy atom. The summed E-state index contributed by atoms with van der Waals surface area (Å²) in [5.41, 5.74) is 3.24. The lowest BCUT2D eigenvalue weighted by atomic mass is 10.1. The lowest BCUT2D eigenvalue weighted by molar-refractivity contribution is 0.633. The number of pyridine rings is 1. The zero-order chi connectivity index (χ0) is 17.7. The quantitative estimate of drug-likeness (QED) is 0.487. The number of fused-ring (bicyclic) bond motifs is 4. The maximum absolute atomic E-state index is 4.66. The van der Waals surface area contributed by atoms with E-state index >= 15 is 0 Å². The molecule has 26 heavy (non-hydrogen) atoms. The number of aromatic nitrogens is 4. The fourth-order valence-electron chi connectivity index (χ4n) is 3.77. The Hall–Kier alpha value is -3.14. The summed E-state index contributed by atoms with van der Waals surface area (Å²) >= 11 is 0. The van der Waals surface area contributed by atoms with Gasteiger partial charge in [-0.2, -0.15) is 5.10 Å². The fourth-order valence-corrected chi connectivity index (χ4v) is 3.77. The molecule has 0 saturated carbocycles. The van der Waals surface area contributed by atoms with Gasteiger partial charge in [0.25, 0.3) is 0 Å². The molecule has 0 radical (unpaired) electrons. The molecule has 4 nitrogen and oxygen atoms in total. The van der Waals surface area contributed by atoms with Gasteiger partial charge < -0.3 is 0 Å². The van der Waals surface area contributed by atoms with Crippen molar-refractivity contribution < 1.29 is 0 Å². The molecule has 0 atom stereocenters. The standard InChI is InChI=1S/C22H20N4/c1-14(2)10-17-13-21(25-24-17)26-20-12-16-7-4-3-6-15(16)11-19(20)18-8-5-9-23-22(18)26/h3-9,11-14H,10H2,1-2H3,(H,24,25). The van der Waals surface area contributed by atoms with E-state index in [4.69, 9.17) is 0 Å². The molecule has 0 aliphatic heterocycles. The summed E-state index contributed by atoms with van der Waals surface area (Å²) < 4.78 is 2.16. The maximum Gasteiger partial charge on any atom is 0.160 e. The number of rotatable bonds is 3. The molecule has 0 aliphatic rings. The van der Waals surface area contributed by atoms with E-state index in [9.17, 15) is 0 Å². The van der Waals surface area contributed by atoms with Gasteiger partial charge in [-0.25, -0.2) is 4.98 Å². The van der Waals surface area contributed by atoms with E-state index in [1.165, 1.54) is 16.2 Å². The van der Waals surface area contributed by atoms with Gasteiger partial charge in [0.15, 0.2) is 5.82 Å². The Morgan fingerprint density at radius 2 is 1.77 bits per heavy atom. The second-order valence-electron chi connectivity index (χ2n) is 7.28. The second kappa shape index (κ2) is 5.70. The van der Waals surface area contributed by atoms with Gasteiger partial charge in [0, 0.05) is 28.7 Å². The maximum atomic E-state index is 4.66. The van der Waals surface area contributed by atoms with Gasteiger partial charge in [-0.15, -0.1) is 0 Å². The van der Waals surface area contributed by atoms with Crippen LogP contribution in [0.15, 0.2) is 60.8 Å².